The zero-order valence-electron chi connectivity index (χ0n) is 9.72. The molecule has 1 aliphatic rings. The van der Waals surface area contributed by atoms with Gasteiger partial charge in [-0.05, 0) is 31.2 Å². The fraction of sp³-hybridized carbons (Fsp3) is 0.571. The van der Waals surface area contributed by atoms with Gasteiger partial charge in [0.05, 0.1) is 0 Å². The summed E-state index contributed by atoms with van der Waals surface area (Å²) in [6.07, 6.45) is 5.45. The van der Waals surface area contributed by atoms with Crippen molar-refractivity contribution in [3.8, 4) is 0 Å². The molecule has 0 saturated heterocycles. The molecule has 14 heavy (non-hydrogen) atoms. The van der Waals surface area contributed by atoms with Crippen molar-refractivity contribution in [2.75, 3.05) is 0 Å². The molecule has 0 atom stereocenters. The third kappa shape index (κ3) is 3.95. The molecule has 0 radical (unpaired) electrons. The third-order valence-electron chi connectivity index (χ3n) is 2.59. The lowest BCUT2D eigenvalue weighted by Crippen LogP contribution is -1.78. The van der Waals surface area contributed by atoms with E-state index in [0.717, 1.165) is 5.92 Å². The van der Waals surface area contributed by atoms with Crippen LogP contribution in [0, 0.1) is 6.92 Å². The Balaban J connectivity index is 0.000000213. The monoisotopic (exact) mass is 190 g/mol. The SMILES string of the molecule is CCCC.Cc1cccc(C2CC2)c1. The molecule has 0 bridgehead atoms. The van der Waals surface area contributed by atoms with Crippen LogP contribution in [0.3, 0.4) is 0 Å². The lowest BCUT2D eigenvalue weighted by Gasteiger charge is -1.97. The Morgan fingerprint density at radius 3 is 2.21 bits per heavy atom. The van der Waals surface area contributed by atoms with Crippen molar-refractivity contribution in [2.45, 2.75) is 52.4 Å². The molecule has 0 heteroatoms. The van der Waals surface area contributed by atoms with Gasteiger partial charge in [-0.25, -0.2) is 0 Å². The first kappa shape index (κ1) is 11.3. The molecule has 0 unspecified atom stereocenters. The smallest absolute Gasteiger partial charge is 0.0161 e. The Morgan fingerprint density at radius 2 is 1.79 bits per heavy atom. The second-order valence-corrected chi connectivity index (χ2v) is 4.19. The molecule has 1 aliphatic carbocycles. The lowest BCUT2D eigenvalue weighted by atomic mass is 10.1. The van der Waals surface area contributed by atoms with Crippen LogP contribution in [0.4, 0.5) is 0 Å². The van der Waals surface area contributed by atoms with Crippen molar-refractivity contribution in [1.82, 2.24) is 0 Å². The van der Waals surface area contributed by atoms with Crippen LogP contribution in [-0.4, -0.2) is 0 Å². The number of rotatable bonds is 2. The summed E-state index contributed by atoms with van der Waals surface area (Å²) in [4.78, 5) is 0. The Bertz CT molecular complexity index is 256. The van der Waals surface area contributed by atoms with Crippen molar-refractivity contribution >= 4 is 0 Å². The molecule has 1 aromatic carbocycles. The normalized spacial score (nSPS) is 14.5. The Morgan fingerprint density at radius 1 is 1.14 bits per heavy atom. The fourth-order valence-corrected chi connectivity index (χ4v) is 1.34. The maximum absolute atomic E-state index is 2.30. The second-order valence-electron chi connectivity index (χ2n) is 4.19. The van der Waals surface area contributed by atoms with Crippen molar-refractivity contribution in [3.05, 3.63) is 35.4 Å². The van der Waals surface area contributed by atoms with Gasteiger partial charge in [-0.2, -0.15) is 0 Å². The number of benzene rings is 1. The quantitative estimate of drug-likeness (QED) is 0.635. The number of hydrogen-bond donors (Lipinski definition) is 0. The summed E-state index contributed by atoms with van der Waals surface area (Å²) >= 11 is 0. The van der Waals surface area contributed by atoms with Gasteiger partial charge in [-0.3, -0.25) is 0 Å². The van der Waals surface area contributed by atoms with E-state index in [0.29, 0.717) is 0 Å². The van der Waals surface area contributed by atoms with Crippen molar-refractivity contribution in [2.24, 2.45) is 0 Å². The average molecular weight is 190 g/mol. The summed E-state index contributed by atoms with van der Waals surface area (Å²) in [6, 6.07) is 8.86. The summed E-state index contributed by atoms with van der Waals surface area (Å²) in [5, 5.41) is 0. The van der Waals surface area contributed by atoms with E-state index in [1.807, 2.05) is 0 Å². The molecule has 0 spiro atoms. The summed E-state index contributed by atoms with van der Waals surface area (Å²) < 4.78 is 0. The van der Waals surface area contributed by atoms with Crippen LogP contribution in [0.2, 0.25) is 0 Å². The van der Waals surface area contributed by atoms with Gasteiger partial charge >= 0.3 is 0 Å². The minimum absolute atomic E-state index is 0.903. The van der Waals surface area contributed by atoms with E-state index in [1.165, 1.54) is 31.2 Å². The molecule has 0 amide bonds. The second kappa shape index (κ2) is 5.85. The van der Waals surface area contributed by atoms with Gasteiger partial charge in [0, 0.05) is 0 Å². The highest BCUT2D eigenvalue weighted by molar-refractivity contribution is 5.28. The van der Waals surface area contributed by atoms with E-state index >= 15 is 0 Å². The standard InChI is InChI=1S/C10H12.C4H10/c1-8-3-2-4-10(7-8)9-5-6-9;1-3-4-2/h2-4,7,9H,5-6H2,1H3;3-4H2,1-2H3. The van der Waals surface area contributed by atoms with Crippen LogP contribution >= 0.6 is 0 Å². The average Bonchev–Trinajstić information content (AvgIpc) is 3.02. The predicted molar refractivity (Wildman–Crippen MR) is 63.7 cm³/mol. The molecule has 0 heterocycles. The van der Waals surface area contributed by atoms with Crippen LogP contribution in [-0.2, 0) is 0 Å². The summed E-state index contributed by atoms with van der Waals surface area (Å²) in [7, 11) is 0. The van der Waals surface area contributed by atoms with E-state index < -0.39 is 0 Å². The molecule has 1 fully saturated rings. The van der Waals surface area contributed by atoms with Crippen LogP contribution in [0.25, 0.3) is 0 Å². The molecule has 0 nitrogen and oxygen atoms in total. The molecular formula is C14H22. The molecule has 0 aromatic heterocycles. The van der Waals surface area contributed by atoms with Crippen molar-refractivity contribution < 1.29 is 0 Å². The number of unbranched alkanes of at least 4 members (excludes halogenated alkanes) is 1. The first-order valence-electron chi connectivity index (χ1n) is 5.84. The maximum atomic E-state index is 2.30. The van der Waals surface area contributed by atoms with Gasteiger partial charge in [0.1, 0.15) is 0 Å². The van der Waals surface area contributed by atoms with Crippen LogP contribution in [0.1, 0.15) is 56.6 Å². The van der Waals surface area contributed by atoms with Crippen LogP contribution < -0.4 is 0 Å². The van der Waals surface area contributed by atoms with E-state index in [-0.39, 0.29) is 0 Å². The number of aryl methyl sites for hydroxylation is 1. The number of hydrogen-bond acceptors (Lipinski definition) is 0. The lowest BCUT2D eigenvalue weighted by molar-refractivity contribution is 0.886. The summed E-state index contributed by atoms with van der Waals surface area (Å²) in [5.74, 6) is 0.903. The highest BCUT2D eigenvalue weighted by Crippen LogP contribution is 2.39. The van der Waals surface area contributed by atoms with Crippen molar-refractivity contribution in [1.29, 1.82) is 0 Å². The summed E-state index contributed by atoms with van der Waals surface area (Å²) in [6.45, 7) is 6.52. The fourth-order valence-electron chi connectivity index (χ4n) is 1.34. The van der Waals surface area contributed by atoms with E-state index in [9.17, 15) is 0 Å². The zero-order valence-corrected chi connectivity index (χ0v) is 9.72. The first-order valence-corrected chi connectivity index (χ1v) is 5.84. The molecule has 78 valence electrons. The highest BCUT2D eigenvalue weighted by Gasteiger charge is 2.22. The van der Waals surface area contributed by atoms with Crippen molar-refractivity contribution in [3.63, 3.8) is 0 Å². The van der Waals surface area contributed by atoms with Gasteiger partial charge in [-0.1, -0.05) is 56.5 Å². The first-order chi connectivity index (χ1) is 6.77. The van der Waals surface area contributed by atoms with Gasteiger partial charge in [-0.15, -0.1) is 0 Å². The third-order valence-corrected chi connectivity index (χ3v) is 2.59. The van der Waals surface area contributed by atoms with Crippen LogP contribution in [0.15, 0.2) is 24.3 Å². The van der Waals surface area contributed by atoms with Gasteiger partial charge in [0.2, 0.25) is 0 Å². The maximum Gasteiger partial charge on any atom is -0.0161 e. The van der Waals surface area contributed by atoms with Gasteiger partial charge < -0.3 is 0 Å². The van der Waals surface area contributed by atoms with E-state index in [1.54, 1.807) is 5.56 Å². The summed E-state index contributed by atoms with van der Waals surface area (Å²) in [5.41, 5.74) is 2.93. The molecule has 1 aromatic rings. The van der Waals surface area contributed by atoms with Crippen LogP contribution in [0.5, 0.6) is 0 Å². The molecule has 1 saturated carbocycles. The Kier molecular flexibility index (Phi) is 4.72. The minimum atomic E-state index is 0.903. The molecule has 2 rings (SSSR count). The van der Waals surface area contributed by atoms with Gasteiger partial charge in [0.25, 0.3) is 0 Å². The van der Waals surface area contributed by atoms with Gasteiger partial charge in [0.15, 0.2) is 0 Å². The topological polar surface area (TPSA) is 0 Å². The predicted octanol–water partition coefficient (Wildman–Crippen LogP) is 4.68. The minimum Gasteiger partial charge on any atom is -0.0654 e. The molecule has 0 N–H and O–H groups in total. The van der Waals surface area contributed by atoms with E-state index in [4.69, 9.17) is 0 Å². The van der Waals surface area contributed by atoms with E-state index in [2.05, 4.69) is 45.0 Å². The highest BCUT2D eigenvalue weighted by atomic mass is 14.3. The Hall–Kier alpha value is -0.780. The Labute approximate surface area is 88.4 Å². The molecule has 0 aliphatic heterocycles. The largest absolute Gasteiger partial charge is 0.0654 e. The zero-order chi connectivity index (χ0) is 10.4. The molecular weight excluding hydrogens is 168 g/mol.